The fourth-order valence-electron chi connectivity index (χ4n) is 3.86. The van der Waals surface area contributed by atoms with Crippen LogP contribution in [0.25, 0.3) is 11.0 Å². The van der Waals surface area contributed by atoms with Crippen molar-refractivity contribution in [2.45, 2.75) is 12.5 Å². The fourth-order valence-corrected chi connectivity index (χ4v) is 4.88. The number of carbonyl (C=O) groups is 1. The number of rotatable bonds is 4. The van der Waals surface area contributed by atoms with Gasteiger partial charge < -0.3 is 9.32 Å². The lowest BCUT2D eigenvalue weighted by Gasteiger charge is -2.23. The molecule has 0 N–H and O–H groups in total. The molecule has 0 fully saturated rings. The monoisotopic (exact) mass is 421 g/mol. The summed E-state index contributed by atoms with van der Waals surface area (Å²) in [6.45, 7) is 0.492. The average molecular weight is 422 g/mol. The molecule has 1 unspecified atom stereocenters. The zero-order chi connectivity index (χ0) is 20.0. The molecule has 5 rings (SSSR count). The summed E-state index contributed by atoms with van der Waals surface area (Å²) in [4.78, 5) is 29.3. The van der Waals surface area contributed by atoms with Crippen LogP contribution < -0.4 is 5.43 Å². The molecular weight excluding hydrogens is 406 g/mol. The third-order valence-electron chi connectivity index (χ3n) is 5.22. The van der Waals surface area contributed by atoms with Crippen LogP contribution in [-0.4, -0.2) is 17.4 Å². The van der Waals surface area contributed by atoms with Gasteiger partial charge in [-0.05, 0) is 41.6 Å². The SMILES string of the molecule is O=C1c2oc3ccc(Cl)cc3c(=O)c2C(c2cccs2)N1CCc1ccccc1. The quantitative estimate of drug-likeness (QED) is 0.449. The van der Waals surface area contributed by atoms with Gasteiger partial charge in [-0.1, -0.05) is 48.0 Å². The fraction of sp³-hybridized carbons (Fsp3) is 0.130. The molecule has 2 aromatic heterocycles. The molecule has 144 valence electrons. The zero-order valence-electron chi connectivity index (χ0n) is 15.3. The molecule has 29 heavy (non-hydrogen) atoms. The maximum Gasteiger partial charge on any atom is 0.290 e. The molecule has 4 nitrogen and oxygen atoms in total. The normalized spacial score (nSPS) is 15.8. The van der Waals surface area contributed by atoms with Crippen LogP contribution in [0.4, 0.5) is 0 Å². The summed E-state index contributed by atoms with van der Waals surface area (Å²) in [6.07, 6.45) is 0.696. The summed E-state index contributed by atoms with van der Waals surface area (Å²) in [5.74, 6) is -0.112. The van der Waals surface area contributed by atoms with Gasteiger partial charge >= 0.3 is 0 Å². The molecule has 1 atom stereocenters. The van der Waals surface area contributed by atoms with Crippen LogP contribution in [0.1, 0.15) is 32.6 Å². The number of hydrogen-bond donors (Lipinski definition) is 0. The summed E-state index contributed by atoms with van der Waals surface area (Å²) >= 11 is 7.62. The lowest BCUT2D eigenvalue weighted by molar-refractivity contribution is 0.0732. The van der Waals surface area contributed by atoms with E-state index in [4.69, 9.17) is 16.0 Å². The largest absolute Gasteiger partial charge is 0.450 e. The molecule has 1 aliphatic heterocycles. The second-order valence-electron chi connectivity index (χ2n) is 6.97. The van der Waals surface area contributed by atoms with Crippen LogP contribution in [0, 0.1) is 0 Å². The predicted molar refractivity (Wildman–Crippen MR) is 115 cm³/mol. The first-order chi connectivity index (χ1) is 14.1. The second-order valence-corrected chi connectivity index (χ2v) is 8.38. The second kappa shape index (κ2) is 7.17. The van der Waals surface area contributed by atoms with Gasteiger partial charge in [0.1, 0.15) is 5.58 Å². The molecule has 3 heterocycles. The van der Waals surface area contributed by atoms with Crippen LogP contribution in [0.15, 0.2) is 75.3 Å². The number of benzene rings is 2. The predicted octanol–water partition coefficient (Wildman–Crippen LogP) is 5.30. The summed E-state index contributed by atoms with van der Waals surface area (Å²) in [5.41, 5.74) is 1.72. The molecule has 0 aliphatic carbocycles. The third kappa shape index (κ3) is 3.07. The van der Waals surface area contributed by atoms with Crippen molar-refractivity contribution in [3.8, 4) is 0 Å². The molecular formula is C23H16ClNO3S. The van der Waals surface area contributed by atoms with Crippen molar-refractivity contribution in [1.29, 1.82) is 0 Å². The lowest BCUT2D eigenvalue weighted by atomic mass is 10.0. The molecule has 6 heteroatoms. The highest BCUT2D eigenvalue weighted by atomic mass is 35.5. The Balaban J connectivity index is 1.64. The lowest BCUT2D eigenvalue weighted by Crippen LogP contribution is -2.31. The molecule has 0 saturated heterocycles. The number of nitrogens with zero attached hydrogens (tertiary/aromatic N) is 1. The Morgan fingerprint density at radius 1 is 1.03 bits per heavy atom. The van der Waals surface area contributed by atoms with Gasteiger partial charge in [0.2, 0.25) is 5.76 Å². The highest BCUT2D eigenvalue weighted by Gasteiger charge is 2.42. The van der Waals surface area contributed by atoms with Gasteiger partial charge in [0, 0.05) is 16.4 Å². The maximum absolute atomic E-state index is 13.4. The van der Waals surface area contributed by atoms with Crippen molar-refractivity contribution in [1.82, 2.24) is 4.90 Å². The van der Waals surface area contributed by atoms with Crippen molar-refractivity contribution >= 4 is 39.8 Å². The van der Waals surface area contributed by atoms with Crippen molar-refractivity contribution in [3.05, 3.63) is 103 Å². The molecule has 0 radical (unpaired) electrons. The van der Waals surface area contributed by atoms with Gasteiger partial charge in [-0.25, -0.2) is 0 Å². The summed E-state index contributed by atoms with van der Waals surface area (Å²) in [6, 6.07) is 18.3. The minimum Gasteiger partial charge on any atom is -0.450 e. The minimum absolute atomic E-state index is 0.135. The van der Waals surface area contributed by atoms with Crippen molar-refractivity contribution in [2.24, 2.45) is 0 Å². The van der Waals surface area contributed by atoms with Crippen molar-refractivity contribution in [3.63, 3.8) is 0 Å². The van der Waals surface area contributed by atoms with Gasteiger partial charge in [0.05, 0.1) is 17.0 Å². The van der Waals surface area contributed by atoms with Crippen molar-refractivity contribution in [2.75, 3.05) is 6.54 Å². The molecule has 0 spiro atoms. The summed E-state index contributed by atoms with van der Waals surface area (Å²) < 4.78 is 5.92. The Morgan fingerprint density at radius 2 is 1.86 bits per heavy atom. The molecule has 2 aromatic carbocycles. The molecule has 0 bridgehead atoms. The van der Waals surface area contributed by atoms with Crippen LogP contribution in [0.5, 0.6) is 0 Å². The Labute approximate surface area is 176 Å². The first kappa shape index (κ1) is 18.2. The summed E-state index contributed by atoms with van der Waals surface area (Å²) in [7, 11) is 0. The van der Waals surface area contributed by atoms with E-state index in [-0.39, 0.29) is 17.1 Å². The number of thiophene rings is 1. The van der Waals surface area contributed by atoms with Crippen LogP contribution in [0.3, 0.4) is 0 Å². The number of amides is 1. The van der Waals surface area contributed by atoms with E-state index < -0.39 is 6.04 Å². The Kier molecular flexibility index (Phi) is 4.49. The Bertz CT molecular complexity index is 1260. The van der Waals surface area contributed by atoms with E-state index in [0.717, 1.165) is 10.4 Å². The minimum atomic E-state index is -0.444. The van der Waals surface area contributed by atoms with E-state index in [1.807, 2.05) is 47.8 Å². The van der Waals surface area contributed by atoms with Gasteiger partial charge in [-0.15, -0.1) is 11.3 Å². The van der Waals surface area contributed by atoms with E-state index in [0.29, 0.717) is 34.5 Å². The van der Waals surface area contributed by atoms with Gasteiger partial charge in [0.25, 0.3) is 5.91 Å². The average Bonchev–Trinajstić information content (AvgIpc) is 3.35. The molecule has 1 amide bonds. The Hall–Kier alpha value is -2.89. The van der Waals surface area contributed by atoms with Crippen LogP contribution >= 0.6 is 22.9 Å². The van der Waals surface area contributed by atoms with Crippen LogP contribution in [0.2, 0.25) is 5.02 Å². The first-order valence-corrected chi connectivity index (χ1v) is 10.5. The van der Waals surface area contributed by atoms with Gasteiger partial charge in [-0.3, -0.25) is 9.59 Å². The van der Waals surface area contributed by atoms with Gasteiger partial charge in [-0.2, -0.15) is 0 Å². The number of hydrogen-bond acceptors (Lipinski definition) is 4. The smallest absolute Gasteiger partial charge is 0.290 e. The topological polar surface area (TPSA) is 50.5 Å². The molecule has 0 saturated carbocycles. The standard InChI is InChI=1S/C23H16ClNO3S/c24-15-8-9-17-16(13-15)21(26)19-20(18-7-4-12-29-18)25(23(27)22(19)28-17)11-10-14-5-2-1-3-6-14/h1-9,12-13,20H,10-11H2. The Morgan fingerprint density at radius 3 is 2.62 bits per heavy atom. The first-order valence-electron chi connectivity index (χ1n) is 9.28. The van der Waals surface area contributed by atoms with E-state index in [9.17, 15) is 9.59 Å². The number of fused-ring (bicyclic) bond motifs is 2. The maximum atomic E-state index is 13.4. The highest BCUT2D eigenvalue weighted by Crippen LogP contribution is 2.40. The van der Waals surface area contributed by atoms with E-state index in [2.05, 4.69) is 0 Å². The molecule has 1 aliphatic rings. The summed E-state index contributed by atoms with van der Waals surface area (Å²) in [5, 5.41) is 2.81. The number of carbonyl (C=O) groups excluding carboxylic acids is 1. The molecule has 4 aromatic rings. The van der Waals surface area contributed by atoms with Crippen LogP contribution in [-0.2, 0) is 6.42 Å². The van der Waals surface area contributed by atoms with E-state index >= 15 is 0 Å². The van der Waals surface area contributed by atoms with E-state index in [1.165, 1.54) is 11.3 Å². The zero-order valence-corrected chi connectivity index (χ0v) is 16.9. The highest BCUT2D eigenvalue weighted by molar-refractivity contribution is 7.10. The van der Waals surface area contributed by atoms with Gasteiger partial charge in [0.15, 0.2) is 5.43 Å². The van der Waals surface area contributed by atoms with E-state index in [1.54, 1.807) is 23.1 Å². The van der Waals surface area contributed by atoms with Crippen molar-refractivity contribution < 1.29 is 9.21 Å². The number of halogens is 1. The third-order valence-corrected chi connectivity index (χ3v) is 6.38.